The van der Waals surface area contributed by atoms with Gasteiger partial charge in [-0.3, -0.25) is 9.63 Å². The van der Waals surface area contributed by atoms with Crippen LogP contribution in [-0.2, 0) is 25.3 Å². The minimum atomic E-state index is -2.25. The molecule has 2 saturated heterocycles. The Bertz CT molecular complexity index is 746. The molecule has 1 N–H and O–H groups in total. The Balaban J connectivity index is 2.02. The van der Waals surface area contributed by atoms with E-state index in [-0.39, 0.29) is 24.0 Å². The van der Waals surface area contributed by atoms with Crippen molar-refractivity contribution in [3.63, 3.8) is 0 Å². The first kappa shape index (κ1) is 23.6. The average molecular weight is 436 g/mol. The van der Waals surface area contributed by atoms with Gasteiger partial charge in [-0.2, -0.15) is 5.06 Å². The summed E-state index contributed by atoms with van der Waals surface area (Å²) in [5.41, 5.74) is 0.312. The minimum absolute atomic E-state index is 0.0446. The lowest BCUT2D eigenvalue weighted by molar-refractivity contribution is -0.239. The van der Waals surface area contributed by atoms with Gasteiger partial charge < -0.3 is 14.3 Å². The normalized spacial score (nSPS) is 30.2. The molecule has 3 rings (SSSR count). The Hall–Kier alpha value is -1.09. The van der Waals surface area contributed by atoms with E-state index in [0.29, 0.717) is 6.54 Å². The summed E-state index contributed by atoms with van der Waals surface area (Å²) in [5, 5.41) is 11.9. The first-order chi connectivity index (χ1) is 13.9. The van der Waals surface area contributed by atoms with Crippen LogP contribution in [0, 0.1) is 5.92 Å². The van der Waals surface area contributed by atoms with Crippen molar-refractivity contribution in [3.05, 3.63) is 35.9 Å². The molecule has 2 fully saturated rings. The van der Waals surface area contributed by atoms with E-state index < -0.39 is 38.1 Å². The largest absolute Gasteiger partial charge is 0.409 e. The van der Waals surface area contributed by atoms with E-state index in [4.69, 9.17) is 14.0 Å². The smallest absolute Gasteiger partial charge is 0.192 e. The SMILES string of the molecule is CC1(C)O[C@H](CO)[C@H](O[Si](C)(C)C(C)(C)C)[C@H]2C(=O)[C@H]1CON2Cc1ccccc1. The first-order valence-corrected chi connectivity index (χ1v) is 13.7. The maximum absolute atomic E-state index is 13.7. The van der Waals surface area contributed by atoms with Gasteiger partial charge in [0, 0.05) is 0 Å². The highest BCUT2D eigenvalue weighted by atomic mass is 28.4. The minimum Gasteiger partial charge on any atom is -0.409 e. The van der Waals surface area contributed by atoms with E-state index in [2.05, 4.69) is 33.9 Å². The predicted octanol–water partition coefficient (Wildman–Crippen LogP) is 3.55. The molecule has 0 unspecified atom stereocenters. The van der Waals surface area contributed by atoms with Crippen molar-refractivity contribution in [3.8, 4) is 0 Å². The fraction of sp³-hybridized carbons (Fsp3) is 0.696. The lowest BCUT2D eigenvalue weighted by atomic mass is 9.83. The van der Waals surface area contributed by atoms with Crippen molar-refractivity contribution in [1.82, 2.24) is 5.06 Å². The van der Waals surface area contributed by atoms with E-state index >= 15 is 0 Å². The molecule has 2 bridgehead atoms. The van der Waals surface area contributed by atoms with Crippen LogP contribution in [0.3, 0.4) is 0 Å². The number of ketones is 1. The van der Waals surface area contributed by atoms with Crippen molar-refractivity contribution in [2.24, 2.45) is 5.92 Å². The summed E-state index contributed by atoms with van der Waals surface area (Å²) in [7, 11) is -2.25. The molecule has 4 atom stereocenters. The summed E-state index contributed by atoms with van der Waals surface area (Å²) in [4.78, 5) is 19.8. The van der Waals surface area contributed by atoms with Crippen LogP contribution in [0.5, 0.6) is 0 Å². The lowest BCUT2D eigenvalue weighted by Gasteiger charge is -2.45. The summed E-state index contributed by atoms with van der Waals surface area (Å²) >= 11 is 0. The molecule has 0 aromatic heterocycles. The van der Waals surface area contributed by atoms with Gasteiger partial charge in [0.2, 0.25) is 0 Å². The summed E-state index contributed by atoms with van der Waals surface area (Å²) in [6.45, 7) is 15.1. The molecular weight excluding hydrogens is 398 g/mol. The third kappa shape index (κ3) is 4.56. The van der Waals surface area contributed by atoms with Gasteiger partial charge in [0.05, 0.1) is 37.4 Å². The summed E-state index contributed by atoms with van der Waals surface area (Å²) < 4.78 is 13.1. The molecule has 0 radical (unpaired) electrons. The van der Waals surface area contributed by atoms with E-state index in [1.165, 1.54) is 0 Å². The number of aliphatic hydroxyl groups excluding tert-OH is 1. The van der Waals surface area contributed by atoms with Crippen LogP contribution in [0.1, 0.15) is 40.2 Å². The Morgan fingerprint density at radius 1 is 1.23 bits per heavy atom. The van der Waals surface area contributed by atoms with Crippen LogP contribution >= 0.6 is 0 Å². The van der Waals surface area contributed by atoms with Gasteiger partial charge in [-0.05, 0) is 37.5 Å². The summed E-state index contributed by atoms with van der Waals surface area (Å²) in [5.74, 6) is -0.335. The molecule has 2 heterocycles. The topological polar surface area (TPSA) is 68.2 Å². The quantitative estimate of drug-likeness (QED) is 0.714. The highest BCUT2D eigenvalue weighted by Crippen LogP contribution is 2.42. The zero-order valence-corrected chi connectivity index (χ0v) is 20.3. The number of hydroxylamine groups is 2. The van der Waals surface area contributed by atoms with E-state index in [0.717, 1.165) is 5.56 Å². The standard InChI is InChI=1S/C23H37NO5Si/c1-22(2,3)30(6,7)29-21-18(14-25)28-23(4,5)17-15-27-24(19(21)20(17)26)13-16-11-9-8-10-12-16/h8-12,17-19,21,25H,13-15H2,1-7H3/t17-,18-,19-,21+/m1/s1. The molecule has 0 amide bonds. The number of carbonyl (C=O) groups is 1. The number of hydrogen-bond acceptors (Lipinski definition) is 6. The van der Waals surface area contributed by atoms with Crippen LogP contribution in [0.4, 0.5) is 0 Å². The monoisotopic (exact) mass is 435 g/mol. The maximum atomic E-state index is 13.7. The zero-order valence-electron chi connectivity index (χ0n) is 19.3. The van der Waals surface area contributed by atoms with Crippen molar-refractivity contribution < 1.29 is 23.9 Å². The Morgan fingerprint density at radius 2 is 1.87 bits per heavy atom. The molecule has 2 aliphatic heterocycles. The second-order valence-corrected chi connectivity index (χ2v) is 15.3. The molecule has 6 nitrogen and oxygen atoms in total. The van der Waals surface area contributed by atoms with Gasteiger partial charge in [0.15, 0.2) is 14.1 Å². The Morgan fingerprint density at radius 3 is 2.43 bits per heavy atom. The van der Waals surface area contributed by atoms with Crippen LogP contribution < -0.4 is 0 Å². The molecular formula is C23H37NO5Si. The molecule has 1 aromatic carbocycles. The Kier molecular flexibility index (Phi) is 6.64. The number of rotatable bonds is 5. The highest BCUT2D eigenvalue weighted by Gasteiger charge is 2.56. The number of aliphatic hydroxyl groups is 1. The number of hydrogen-bond donors (Lipinski definition) is 1. The molecule has 0 saturated carbocycles. The average Bonchev–Trinajstić information content (AvgIpc) is 2.68. The maximum Gasteiger partial charge on any atom is 0.192 e. The molecule has 168 valence electrons. The number of Topliss-reactive ketones (excluding diaryl/α,β-unsaturated/α-hetero) is 1. The Labute approximate surface area is 181 Å². The van der Waals surface area contributed by atoms with Gasteiger partial charge in [-0.15, -0.1) is 0 Å². The zero-order chi connectivity index (χ0) is 22.3. The second-order valence-electron chi connectivity index (χ2n) is 10.5. The van der Waals surface area contributed by atoms with Gasteiger partial charge >= 0.3 is 0 Å². The fourth-order valence-electron chi connectivity index (χ4n) is 4.00. The first-order valence-electron chi connectivity index (χ1n) is 10.8. The van der Waals surface area contributed by atoms with Crippen molar-refractivity contribution in [2.45, 2.75) is 83.1 Å². The van der Waals surface area contributed by atoms with Crippen LogP contribution in [0.15, 0.2) is 30.3 Å². The number of benzene rings is 1. The fourth-order valence-corrected chi connectivity index (χ4v) is 5.31. The van der Waals surface area contributed by atoms with Crippen LogP contribution in [0.2, 0.25) is 18.1 Å². The summed E-state index contributed by atoms with van der Waals surface area (Å²) in [6, 6.07) is 9.33. The molecule has 1 aromatic rings. The molecule has 0 spiro atoms. The van der Waals surface area contributed by atoms with Crippen LogP contribution in [-0.4, -0.2) is 61.3 Å². The summed E-state index contributed by atoms with van der Waals surface area (Å²) in [6.07, 6.45) is -1.20. The lowest BCUT2D eigenvalue weighted by Crippen LogP contribution is -2.61. The van der Waals surface area contributed by atoms with E-state index in [1.54, 1.807) is 5.06 Å². The molecule has 2 aliphatic rings. The third-order valence-electron chi connectivity index (χ3n) is 6.92. The number of ether oxygens (including phenoxy) is 1. The number of fused-ring (bicyclic) bond motifs is 2. The van der Waals surface area contributed by atoms with Gasteiger partial charge in [-0.25, -0.2) is 0 Å². The van der Waals surface area contributed by atoms with Crippen molar-refractivity contribution >= 4 is 14.1 Å². The number of carbonyl (C=O) groups excluding carboxylic acids is 1. The number of nitrogens with zero attached hydrogens (tertiary/aromatic N) is 1. The molecule has 30 heavy (non-hydrogen) atoms. The third-order valence-corrected chi connectivity index (χ3v) is 11.4. The van der Waals surface area contributed by atoms with Gasteiger partial charge in [-0.1, -0.05) is 51.1 Å². The predicted molar refractivity (Wildman–Crippen MR) is 118 cm³/mol. The van der Waals surface area contributed by atoms with Crippen molar-refractivity contribution in [2.75, 3.05) is 13.2 Å². The van der Waals surface area contributed by atoms with Crippen molar-refractivity contribution in [1.29, 1.82) is 0 Å². The second kappa shape index (κ2) is 8.45. The van der Waals surface area contributed by atoms with Crippen LogP contribution in [0.25, 0.3) is 0 Å². The van der Waals surface area contributed by atoms with E-state index in [9.17, 15) is 9.90 Å². The van der Waals surface area contributed by atoms with Gasteiger partial charge in [0.1, 0.15) is 12.1 Å². The highest BCUT2D eigenvalue weighted by molar-refractivity contribution is 6.74. The van der Waals surface area contributed by atoms with Gasteiger partial charge in [0.25, 0.3) is 0 Å². The molecule has 7 heteroatoms. The molecule has 0 aliphatic carbocycles. The van der Waals surface area contributed by atoms with E-state index in [1.807, 2.05) is 44.2 Å².